The second kappa shape index (κ2) is 6.03. The third-order valence-electron chi connectivity index (χ3n) is 3.08. The molecule has 2 amide bonds. The maximum absolute atomic E-state index is 14.4. The molecular weight excluding hydrogens is 311 g/mol. The number of ether oxygens (including phenoxy) is 1. The van der Waals surface area contributed by atoms with Crippen LogP contribution in [-0.2, 0) is 0 Å². The first kappa shape index (κ1) is 15.8. The molecular formula is C15H12ClFN2O3. The van der Waals surface area contributed by atoms with Crippen LogP contribution in [0.3, 0.4) is 0 Å². The summed E-state index contributed by atoms with van der Waals surface area (Å²) in [5.41, 5.74) is 10.4. The van der Waals surface area contributed by atoms with Crippen molar-refractivity contribution in [3.05, 3.63) is 52.3 Å². The molecule has 0 aliphatic carbocycles. The Balaban J connectivity index is 2.93. The van der Waals surface area contributed by atoms with Crippen molar-refractivity contribution in [2.45, 2.75) is 0 Å². The molecule has 0 saturated heterocycles. The molecule has 0 aliphatic rings. The lowest BCUT2D eigenvalue weighted by Crippen LogP contribution is -2.18. The third kappa shape index (κ3) is 2.73. The quantitative estimate of drug-likeness (QED) is 0.904. The van der Waals surface area contributed by atoms with Gasteiger partial charge in [-0.15, -0.1) is 0 Å². The number of methoxy groups -OCH3 is 1. The van der Waals surface area contributed by atoms with Crippen LogP contribution in [0.25, 0.3) is 11.1 Å². The van der Waals surface area contributed by atoms with E-state index in [4.69, 9.17) is 27.8 Å². The molecule has 0 bridgehead atoms. The van der Waals surface area contributed by atoms with Gasteiger partial charge in [-0.1, -0.05) is 17.7 Å². The van der Waals surface area contributed by atoms with Crippen molar-refractivity contribution in [1.82, 2.24) is 0 Å². The summed E-state index contributed by atoms with van der Waals surface area (Å²) in [6.45, 7) is 0. The van der Waals surface area contributed by atoms with Crippen molar-refractivity contribution in [2.24, 2.45) is 11.5 Å². The molecule has 0 radical (unpaired) electrons. The van der Waals surface area contributed by atoms with Gasteiger partial charge in [0.1, 0.15) is 11.6 Å². The molecule has 2 aromatic carbocycles. The first-order chi connectivity index (χ1) is 10.4. The van der Waals surface area contributed by atoms with Gasteiger partial charge >= 0.3 is 0 Å². The minimum absolute atomic E-state index is 0.0199. The zero-order valence-electron chi connectivity index (χ0n) is 11.5. The van der Waals surface area contributed by atoms with Crippen molar-refractivity contribution in [1.29, 1.82) is 0 Å². The lowest BCUT2D eigenvalue weighted by Gasteiger charge is -2.15. The van der Waals surface area contributed by atoms with Crippen LogP contribution in [-0.4, -0.2) is 18.9 Å². The number of nitrogens with two attached hydrogens (primary N) is 2. The SMILES string of the molecule is COc1cc(Cl)cc(F)c1-c1c(C(N)=O)cccc1C(N)=O. The van der Waals surface area contributed by atoms with E-state index >= 15 is 0 Å². The molecule has 114 valence electrons. The zero-order chi connectivity index (χ0) is 16.4. The molecule has 22 heavy (non-hydrogen) atoms. The van der Waals surface area contributed by atoms with Gasteiger partial charge in [0, 0.05) is 21.7 Å². The summed E-state index contributed by atoms with van der Waals surface area (Å²) >= 11 is 5.79. The second-order valence-corrected chi connectivity index (χ2v) is 4.86. The molecule has 0 atom stereocenters. The monoisotopic (exact) mass is 322 g/mol. The number of amides is 2. The van der Waals surface area contributed by atoms with Crippen molar-refractivity contribution in [3.63, 3.8) is 0 Å². The van der Waals surface area contributed by atoms with E-state index in [1.807, 2.05) is 0 Å². The Bertz CT molecular complexity index is 745. The average Bonchev–Trinajstić information content (AvgIpc) is 2.45. The van der Waals surface area contributed by atoms with Gasteiger partial charge in [-0.2, -0.15) is 0 Å². The highest BCUT2D eigenvalue weighted by Crippen LogP contribution is 2.38. The minimum atomic E-state index is -0.825. The molecule has 0 unspecified atom stereocenters. The number of carbonyl (C=O) groups excluding carboxylic acids is 2. The first-order valence-electron chi connectivity index (χ1n) is 6.12. The Morgan fingerprint density at radius 3 is 2.09 bits per heavy atom. The highest BCUT2D eigenvalue weighted by Gasteiger charge is 2.24. The summed E-state index contributed by atoms with van der Waals surface area (Å²) in [7, 11) is 1.31. The summed E-state index contributed by atoms with van der Waals surface area (Å²) in [6.07, 6.45) is 0. The highest BCUT2D eigenvalue weighted by atomic mass is 35.5. The molecule has 2 rings (SSSR count). The molecule has 0 fully saturated rings. The molecule has 0 aliphatic heterocycles. The molecule has 5 nitrogen and oxygen atoms in total. The Morgan fingerprint density at radius 1 is 1.09 bits per heavy atom. The van der Waals surface area contributed by atoms with E-state index in [-0.39, 0.29) is 33.0 Å². The topological polar surface area (TPSA) is 95.4 Å². The van der Waals surface area contributed by atoms with Gasteiger partial charge in [0.2, 0.25) is 11.8 Å². The first-order valence-corrected chi connectivity index (χ1v) is 6.50. The fraction of sp³-hybridized carbons (Fsp3) is 0.0667. The number of hydrogen-bond acceptors (Lipinski definition) is 3. The van der Waals surface area contributed by atoms with E-state index in [2.05, 4.69) is 0 Å². The molecule has 0 aromatic heterocycles. The summed E-state index contributed by atoms with van der Waals surface area (Å²) in [6, 6.07) is 6.59. The van der Waals surface area contributed by atoms with E-state index < -0.39 is 17.6 Å². The second-order valence-electron chi connectivity index (χ2n) is 4.42. The number of rotatable bonds is 4. The van der Waals surface area contributed by atoms with Crippen molar-refractivity contribution < 1.29 is 18.7 Å². The van der Waals surface area contributed by atoms with Gasteiger partial charge < -0.3 is 16.2 Å². The van der Waals surface area contributed by atoms with Crippen LogP contribution < -0.4 is 16.2 Å². The Morgan fingerprint density at radius 2 is 1.64 bits per heavy atom. The van der Waals surface area contributed by atoms with Gasteiger partial charge in [-0.05, 0) is 24.3 Å². The maximum atomic E-state index is 14.4. The average molecular weight is 323 g/mol. The molecule has 2 aromatic rings. The highest BCUT2D eigenvalue weighted by molar-refractivity contribution is 6.31. The Hall–Kier alpha value is -2.60. The van der Waals surface area contributed by atoms with Gasteiger partial charge in [0.25, 0.3) is 0 Å². The Labute approximate surface area is 130 Å². The van der Waals surface area contributed by atoms with E-state index in [9.17, 15) is 14.0 Å². The van der Waals surface area contributed by atoms with E-state index in [1.165, 1.54) is 31.4 Å². The van der Waals surface area contributed by atoms with Gasteiger partial charge in [-0.25, -0.2) is 4.39 Å². The summed E-state index contributed by atoms with van der Waals surface area (Å²) < 4.78 is 19.5. The van der Waals surface area contributed by atoms with E-state index in [0.717, 1.165) is 6.07 Å². The summed E-state index contributed by atoms with van der Waals surface area (Å²) in [5, 5.41) is 0.107. The minimum Gasteiger partial charge on any atom is -0.496 e. The fourth-order valence-electron chi connectivity index (χ4n) is 2.19. The number of hydrogen-bond donors (Lipinski definition) is 2. The van der Waals surface area contributed by atoms with E-state index in [1.54, 1.807) is 0 Å². The fourth-order valence-corrected chi connectivity index (χ4v) is 2.38. The van der Waals surface area contributed by atoms with Crippen molar-refractivity contribution in [2.75, 3.05) is 7.11 Å². The van der Waals surface area contributed by atoms with Crippen LogP contribution in [0.15, 0.2) is 30.3 Å². The Kier molecular flexibility index (Phi) is 4.32. The van der Waals surface area contributed by atoms with Crippen LogP contribution in [0, 0.1) is 5.82 Å². The van der Waals surface area contributed by atoms with Crippen molar-refractivity contribution in [3.8, 4) is 16.9 Å². The van der Waals surface area contributed by atoms with Crippen molar-refractivity contribution >= 4 is 23.4 Å². The lowest BCUT2D eigenvalue weighted by molar-refractivity contribution is 0.0999. The smallest absolute Gasteiger partial charge is 0.249 e. The predicted molar refractivity (Wildman–Crippen MR) is 80.4 cm³/mol. The largest absolute Gasteiger partial charge is 0.496 e. The van der Waals surface area contributed by atoms with Gasteiger partial charge in [-0.3, -0.25) is 9.59 Å². The number of benzene rings is 2. The number of halogens is 2. The molecule has 0 heterocycles. The standard InChI is InChI=1S/C15H12ClFN2O3/c1-22-11-6-7(16)5-10(17)13(11)12-8(14(18)20)3-2-4-9(12)15(19)21/h2-6H,1H3,(H2,18,20)(H2,19,21). The summed E-state index contributed by atoms with van der Waals surface area (Å²) in [4.78, 5) is 23.3. The van der Waals surface area contributed by atoms with Crippen LogP contribution in [0.1, 0.15) is 20.7 Å². The third-order valence-corrected chi connectivity index (χ3v) is 3.30. The van der Waals surface area contributed by atoms with Crippen LogP contribution in [0.2, 0.25) is 5.02 Å². The van der Waals surface area contributed by atoms with Gasteiger partial charge in [0.15, 0.2) is 0 Å². The van der Waals surface area contributed by atoms with E-state index in [0.29, 0.717) is 0 Å². The lowest BCUT2D eigenvalue weighted by atomic mass is 9.92. The predicted octanol–water partition coefficient (Wildman–Crippen LogP) is 2.35. The normalized spacial score (nSPS) is 10.3. The molecule has 4 N–H and O–H groups in total. The maximum Gasteiger partial charge on any atom is 0.249 e. The zero-order valence-corrected chi connectivity index (χ0v) is 12.3. The van der Waals surface area contributed by atoms with Crippen LogP contribution >= 0.6 is 11.6 Å². The summed E-state index contributed by atoms with van der Waals surface area (Å²) in [5.74, 6) is -2.36. The van der Waals surface area contributed by atoms with Crippen LogP contribution in [0.5, 0.6) is 5.75 Å². The molecule has 7 heteroatoms. The number of carbonyl (C=O) groups is 2. The van der Waals surface area contributed by atoms with Gasteiger partial charge in [0.05, 0.1) is 12.7 Å². The van der Waals surface area contributed by atoms with Crippen LogP contribution in [0.4, 0.5) is 4.39 Å². The number of primary amides is 2. The molecule has 0 saturated carbocycles. The molecule has 0 spiro atoms.